The molecule has 0 bridgehead atoms. The molecule has 70 valence electrons. The number of hydrogen-bond donors (Lipinski definition) is 1. The molecule has 0 heterocycles. The summed E-state index contributed by atoms with van der Waals surface area (Å²) in [5.74, 6) is 0.238. The first-order chi connectivity index (χ1) is 6.22. The topological polar surface area (TPSA) is 42.3 Å². The van der Waals surface area contributed by atoms with Crippen molar-refractivity contribution >= 4 is 5.90 Å². The van der Waals surface area contributed by atoms with E-state index in [4.69, 9.17) is 10.1 Å². The Hall–Kier alpha value is -1.58. The van der Waals surface area contributed by atoms with Crippen molar-refractivity contribution in [3.05, 3.63) is 30.1 Å². The van der Waals surface area contributed by atoms with Gasteiger partial charge in [-0.25, -0.2) is 4.39 Å². The lowest BCUT2D eigenvalue weighted by molar-refractivity contribution is 0.309. The van der Waals surface area contributed by atoms with E-state index in [1.54, 1.807) is 0 Å². The summed E-state index contributed by atoms with van der Waals surface area (Å²) in [5, 5.41) is 7.11. The number of halogens is 1. The second-order valence-corrected chi connectivity index (χ2v) is 2.37. The molecule has 0 aromatic heterocycles. The van der Waals surface area contributed by atoms with Crippen LogP contribution in [0.2, 0.25) is 0 Å². The molecule has 1 aromatic rings. The van der Waals surface area contributed by atoms with Crippen LogP contribution in [0.3, 0.4) is 0 Å². The molecule has 0 aliphatic carbocycles. The van der Waals surface area contributed by atoms with Crippen LogP contribution in [-0.2, 0) is 4.74 Å². The SMILES string of the molecule is COC(=N)COc1ccc(F)cc1. The Bertz CT molecular complexity index is 284. The third kappa shape index (κ3) is 3.11. The highest BCUT2D eigenvalue weighted by Crippen LogP contribution is 2.10. The quantitative estimate of drug-likeness (QED) is 0.573. The molecule has 13 heavy (non-hydrogen) atoms. The molecule has 0 atom stereocenters. The minimum atomic E-state index is -0.311. The van der Waals surface area contributed by atoms with Gasteiger partial charge in [0, 0.05) is 0 Å². The summed E-state index contributed by atoms with van der Waals surface area (Å²) in [5.41, 5.74) is 0. The lowest BCUT2D eigenvalue weighted by Gasteiger charge is -2.05. The normalized spacial score (nSPS) is 9.38. The summed E-state index contributed by atoms with van der Waals surface area (Å²) in [7, 11) is 1.40. The summed E-state index contributed by atoms with van der Waals surface area (Å²) in [6, 6.07) is 5.59. The molecule has 0 unspecified atom stereocenters. The van der Waals surface area contributed by atoms with Crippen LogP contribution in [0.15, 0.2) is 24.3 Å². The Morgan fingerprint density at radius 1 is 1.38 bits per heavy atom. The Labute approximate surface area is 75.6 Å². The van der Waals surface area contributed by atoms with Gasteiger partial charge in [-0.05, 0) is 24.3 Å². The van der Waals surface area contributed by atoms with Gasteiger partial charge in [-0.1, -0.05) is 0 Å². The molecule has 0 saturated carbocycles. The molecule has 0 aliphatic heterocycles. The number of benzene rings is 1. The monoisotopic (exact) mass is 183 g/mol. The summed E-state index contributed by atoms with van der Waals surface area (Å²) in [6.07, 6.45) is 0. The average Bonchev–Trinajstić information content (AvgIpc) is 2.16. The predicted octanol–water partition coefficient (Wildman–Crippen LogP) is 1.83. The van der Waals surface area contributed by atoms with Crippen LogP contribution in [-0.4, -0.2) is 19.6 Å². The Balaban J connectivity index is 2.46. The Morgan fingerprint density at radius 3 is 2.54 bits per heavy atom. The highest BCUT2D eigenvalue weighted by Gasteiger charge is 1.97. The molecule has 0 aliphatic rings. The number of rotatable bonds is 3. The smallest absolute Gasteiger partial charge is 0.219 e. The number of hydrogen-bond acceptors (Lipinski definition) is 3. The van der Waals surface area contributed by atoms with E-state index in [2.05, 4.69) is 4.74 Å². The first-order valence-corrected chi connectivity index (χ1v) is 3.72. The zero-order chi connectivity index (χ0) is 9.68. The fraction of sp³-hybridized carbons (Fsp3) is 0.222. The van der Waals surface area contributed by atoms with Crippen molar-refractivity contribution in [2.45, 2.75) is 0 Å². The van der Waals surface area contributed by atoms with E-state index >= 15 is 0 Å². The molecule has 0 amide bonds. The lowest BCUT2D eigenvalue weighted by atomic mass is 10.3. The van der Waals surface area contributed by atoms with E-state index in [0.29, 0.717) is 5.75 Å². The second-order valence-electron chi connectivity index (χ2n) is 2.37. The number of ether oxygens (including phenoxy) is 2. The summed E-state index contributed by atoms with van der Waals surface area (Å²) >= 11 is 0. The van der Waals surface area contributed by atoms with Gasteiger partial charge in [-0.2, -0.15) is 0 Å². The first kappa shape index (κ1) is 9.51. The molecule has 3 nitrogen and oxygen atoms in total. The Kier molecular flexibility index (Phi) is 3.25. The maximum absolute atomic E-state index is 12.4. The molecule has 0 fully saturated rings. The van der Waals surface area contributed by atoms with Crippen molar-refractivity contribution in [3.63, 3.8) is 0 Å². The van der Waals surface area contributed by atoms with Gasteiger partial charge in [0.25, 0.3) is 0 Å². The molecule has 4 heteroatoms. The lowest BCUT2D eigenvalue weighted by Crippen LogP contribution is -2.11. The van der Waals surface area contributed by atoms with Crippen LogP contribution >= 0.6 is 0 Å². The second kappa shape index (κ2) is 4.45. The van der Waals surface area contributed by atoms with E-state index < -0.39 is 0 Å². The predicted molar refractivity (Wildman–Crippen MR) is 46.6 cm³/mol. The third-order valence-electron chi connectivity index (χ3n) is 1.43. The van der Waals surface area contributed by atoms with Gasteiger partial charge in [-0.3, -0.25) is 5.41 Å². The maximum atomic E-state index is 12.4. The summed E-state index contributed by atoms with van der Waals surface area (Å²) < 4.78 is 22.1. The largest absolute Gasteiger partial charge is 0.484 e. The van der Waals surface area contributed by atoms with Crippen LogP contribution < -0.4 is 4.74 Å². The summed E-state index contributed by atoms with van der Waals surface area (Å²) in [4.78, 5) is 0. The minimum absolute atomic E-state index is 0.0318. The van der Waals surface area contributed by atoms with Crippen molar-refractivity contribution in [2.75, 3.05) is 13.7 Å². The van der Waals surface area contributed by atoms with Crippen molar-refractivity contribution < 1.29 is 13.9 Å². The fourth-order valence-electron chi connectivity index (χ4n) is 0.739. The molecule has 1 rings (SSSR count). The van der Waals surface area contributed by atoms with Crippen molar-refractivity contribution in [2.24, 2.45) is 0 Å². The average molecular weight is 183 g/mol. The standard InChI is InChI=1S/C9H10FNO2/c1-12-9(11)6-13-8-4-2-7(10)3-5-8/h2-5,11H,6H2,1H3. The van der Waals surface area contributed by atoms with Crippen LogP contribution in [0.5, 0.6) is 5.75 Å². The van der Waals surface area contributed by atoms with Crippen LogP contribution in [0.1, 0.15) is 0 Å². The van der Waals surface area contributed by atoms with Gasteiger partial charge in [0.05, 0.1) is 7.11 Å². The van der Waals surface area contributed by atoms with E-state index in [1.807, 2.05) is 0 Å². The van der Waals surface area contributed by atoms with E-state index in [1.165, 1.54) is 31.4 Å². The van der Waals surface area contributed by atoms with E-state index in [9.17, 15) is 4.39 Å². The van der Waals surface area contributed by atoms with Gasteiger partial charge in [0.2, 0.25) is 5.90 Å². The van der Waals surface area contributed by atoms with Gasteiger partial charge in [0.1, 0.15) is 11.6 Å². The van der Waals surface area contributed by atoms with E-state index in [-0.39, 0.29) is 18.3 Å². The minimum Gasteiger partial charge on any atom is -0.484 e. The first-order valence-electron chi connectivity index (χ1n) is 3.72. The highest BCUT2D eigenvalue weighted by atomic mass is 19.1. The van der Waals surface area contributed by atoms with Crippen LogP contribution in [0.25, 0.3) is 0 Å². The maximum Gasteiger partial charge on any atom is 0.219 e. The summed E-state index contributed by atoms with van der Waals surface area (Å²) in [6.45, 7) is 0.0577. The van der Waals surface area contributed by atoms with Crippen LogP contribution in [0.4, 0.5) is 4.39 Å². The van der Waals surface area contributed by atoms with Crippen molar-refractivity contribution in [3.8, 4) is 5.75 Å². The third-order valence-corrected chi connectivity index (χ3v) is 1.43. The molecule has 0 radical (unpaired) electrons. The zero-order valence-corrected chi connectivity index (χ0v) is 7.21. The van der Waals surface area contributed by atoms with Crippen molar-refractivity contribution in [1.29, 1.82) is 5.41 Å². The number of methoxy groups -OCH3 is 1. The molecule has 1 aromatic carbocycles. The molecule has 0 saturated heterocycles. The molecule has 1 N–H and O–H groups in total. The van der Waals surface area contributed by atoms with E-state index in [0.717, 1.165) is 0 Å². The molecular weight excluding hydrogens is 173 g/mol. The van der Waals surface area contributed by atoms with Crippen LogP contribution in [0, 0.1) is 11.2 Å². The fourth-order valence-corrected chi connectivity index (χ4v) is 0.739. The van der Waals surface area contributed by atoms with Gasteiger partial charge >= 0.3 is 0 Å². The van der Waals surface area contributed by atoms with Crippen molar-refractivity contribution in [1.82, 2.24) is 0 Å². The Morgan fingerprint density at radius 2 is 2.00 bits per heavy atom. The van der Waals surface area contributed by atoms with Gasteiger partial charge < -0.3 is 9.47 Å². The van der Waals surface area contributed by atoms with Gasteiger partial charge in [-0.15, -0.1) is 0 Å². The number of nitrogens with one attached hydrogen (secondary N) is 1. The zero-order valence-electron chi connectivity index (χ0n) is 7.21. The highest BCUT2D eigenvalue weighted by molar-refractivity contribution is 5.73. The molecular formula is C9H10FNO2. The van der Waals surface area contributed by atoms with Gasteiger partial charge in [0.15, 0.2) is 6.61 Å². The molecule has 0 spiro atoms.